The standard InChI is InChI=1S/C11H21N3OS/c1-2-10-9-14(7-8-16-10)11(15)13-5-3-12-4-6-13/h10,12H,2-9H2,1H3. The van der Waals surface area contributed by atoms with E-state index in [1.54, 1.807) is 0 Å². The Kier molecular flexibility index (Phi) is 4.35. The molecule has 2 aliphatic rings. The Labute approximate surface area is 102 Å². The van der Waals surface area contributed by atoms with Gasteiger partial charge in [0.2, 0.25) is 0 Å². The zero-order valence-electron chi connectivity index (χ0n) is 9.95. The lowest BCUT2D eigenvalue weighted by atomic mass is 10.3. The maximum Gasteiger partial charge on any atom is 0.320 e. The van der Waals surface area contributed by atoms with Gasteiger partial charge in [-0.25, -0.2) is 4.79 Å². The highest BCUT2D eigenvalue weighted by Gasteiger charge is 2.27. The second-order valence-electron chi connectivity index (χ2n) is 4.37. The number of piperazine rings is 1. The Hall–Kier alpha value is -0.420. The third-order valence-electron chi connectivity index (χ3n) is 3.25. The molecule has 0 spiro atoms. The van der Waals surface area contributed by atoms with Crippen LogP contribution in [0.3, 0.4) is 0 Å². The first-order chi connectivity index (χ1) is 7.81. The van der Waals surface area contributed by atoms with Gasteiger partial charge in [0.05, 0.1) is 0 Å². The lowest BCUT2D eigenvalue weighted by molar-refractivity contribution is 0.148. The summed E-state index contributed by atoms with van der Waals surface area (Å²) in [5.74, 6) is 1.09. The molecule has 1 N–H and O–H groups in total. The lowest BCUT2D eigenvalue weighted by Gasteiger charge is -2.37. The summed E-state index contributed by atoms with van der Waals surface area (Å²) in [5.41, 5.74) is 0. The highest BCUT2D eigenvalue weighted by Crippen LogP contribution is 2.21. The van der Waals surface area contributed by atoms with Gasteiger partial charge in [0.15, 0.2) is 0 Å². The van der Waals surface area contributed by atoms with Crippen LogP contribution in [0.25, 0.3) is 0 Å². The minimum absolute atomic E-state index is 0.250. The smallest absolute Gasteiger partial charge is 0.320 e. The summed E-state index contributed by atoms with van der Waals surface area (Å²) in [7, 11) is 0. The molecule has 16 heavy (non-hydrogen) atoms. The number of carbonyl (C=O) groups excluding carboxylic acids is 1. The van der Waals surface area contributed by atoms with Crippen LogP contribution in [-0.2, 0) is 0 Å². The molecule has 0 radical (unpaired) electrons. The van der Waals surface area contributed by atoms with Gasteiger partial charge in [-0.2, -0.15) is 11.8 Å². The third-order valence-corrected chi connectivity index (χ3v) is 4.62. The van der Waals surface area contributed by atoms with Crippen LogP contribution in [-0.4, -0.2) is 66.1 Å². The van der Waals surface area contributed by atoms with Crippen molar-refractivity contribution in [2.75, 3.05) is 45.0 Å². The van der Waals surface area contributed by atoms with Crippen LogP contribution in [0.4, 0.5) is 4.79 Å². The van der Waals surface area contributed by atoms with E-state index < -0.39 is 0 Å². The first kappa shape index (κ1) is 12.0. The van der Waals surface area contributed by atoms with Crippen molar-refractivity contribution in [3.8, 4) is 0 Å². The van der Waals surface area contributed by atoms with Gasteiger partial charge in [-0.05, 0) is 6.42 Å². The molecule has 0 aliphatic carbocycles. The second-order valence-corrected chi connectivity index (χ2v) is 5.77. The summed E-state index contributed by atoms with van der Waals surface area (Å²) in [6.45, 7) is 7.65. The summed E-state index contributed by atoms with van der Waals surface area (Å²) < 4.78 is 0. The Morgan fingerprint density at radius 2 is 2.06 bits per heavy atom. The summed E-state index contributed by atoms with van der Waals surface area (Å²) in [6.07, 6.45) is 1.16. The molecule has 2 fully saturated rings. The summed E-state index contributed by atoms with van der Waals surface area (Å²) in [4.78, 5) is 16.3. The molecule has 0 saturated carbocycles. The van der Waals surface area contributed by atoms with Crippen molar-refractivity contribution in [2.24, 2.45) is 0 Å². The Morgan fingerprint density at radius 3 is 2.75 bits per heavy atom. The quantitative estimate of drug-likeness (QED) is 0.741. The van der Waals surface area contributed by atoms with E-state index in [0.29, 0.717) is 5.25 Å². The molecule has 0 bridgehead atoms. The molecule has 1 unspecified atom stereocenters. The zero-order valence-corrected chi connectivity index (χ0v) is 10.8. The fourth-order valence-electron chi connectivity index (χ4n) is 2.20. The normalized spacial score (nSPS) is 26.9. The first-order valence-corrected chi connectivity index (χ1v) is 7.22. The van der Waals surface area contributed by atoms with E-state index in [1.165, 1.54) is 0 Å². The van der Waals surface area contributed by atoms with Crippen LogP contribution in [0, 0.1) is 0 Å². The van der Waals surface area contributed by atoms with Crippen molar-refractivity contribution >= 4 is 17.8 Å². The van der Waals surface area contributed by atoms with Gasteiger partial charge in [0.25, 0.3) is 0 Å². The number of amides is 2. The predicted molar refractivity (Wildman–Crippen MR) is 67.9 cm³/mol. The van der Waals surface area contributed by atoms with E-state index in [-0.39, 0.29) is 6.03 Å². The van der Waals surface area contributed by atoms with Crippen LogP contribution in [0.5, 0.6) is 0 Å². The molecule has 5 heteroatoms. The van der Waals surface area contributed by atoms with Crippen LogP contribution >= 0.6 is 11.8 Å². The molecule has 2 amide bonds. The fraction of sp³-hybridized carbons (Fsp3) is 0.909. The van der Waals surface area contributed by atoms with Crippen LogP contribution in [0.15, 0.2) is 0 Å². The molecule has 2 heterocycles. The molecule has 92 valence electrons. The van der Waals surface area contributed by atoms with Crippen molar-refractivity contribution < 1.29 is 4.79 Å². The van der Waals surface area contributed by atoms with Gasteiger partial charge in [0.1, 0.15) is 0 Å². The Morgan fingerprint density at radius 1 is 1.31 bits per heavy atom. The van der Waals surface area contributed by atoms with Crippen molar-refractivity contribution in [2.45, 2.75) is 18.6 Å². The third kappa shape index (κ3) is 2.83. The number of thioether (sulfide) groups is 1. The molecule has 2 rings (SSSR count). The van der Waals surface area contributed by atoms with Crippen molar-refractivity contribution in [1.29, 1.82) is 0 Å². The van der Waals surface area contributed by atoms with E-state index in [2.05, 4.69) is 12.2 Å². The van der Waals surface area contributed by atoms with Gasteiger partial charge in [-0.3, -0.25) is 0 Å². The first-order valence-electron chi connectivity index (χ1n) is 6.17. The highest BCUT2D eigenvalue weighted by atomic mass is 32.2. The summed E-state index contributed by atoms with van der Waals surface area (Å²) in [5, 5.41) is 3.92. The predicted octanol–water partition coefficient (Wildman–Crippen LogP) is 0.839. The van der Waals surface area contributed by atoms with Gasteiger partial charge in [-0.15, -0.1) is 0 Å². The highest BCUT2D eigenvalue weighted by molar-refractivity contribution is 8.00. The largest absolute Gasteiger partial charge is 0.323 e. The van der Waals surface area contributed by atoms with Gasteiger partial charge < -0.3 is 15.1 Å². The number of nitrogens with one attached hydrogen (secondary N) is 1. The van der Waals surface area contributed by atoms with Crippen LogP contribution in [0.1, 0.15) is 13.3 Å². The lowest BCUT2D eigenvalue weighted by Crippen LogP contribution is -2.54. The molecule has 0 aromatic rings. The number of hydrogen-bond donors (Lipinski definition) is 1. The second kappa shape index (κ2) is 5.77. The molecule has 2 saturated heterocycles. The maximum absolute atomic E-state index is 12.2. The number of hydrogen-bond acceptors (Lipinski definition) is 3. The van der Waals surface area contributed by atoms with E-state index in [4.69, 9.17) is 0 Å². The Balaban J connectivity index is 1.87. The molecule has 2 aliphatic heterocycles. The van der Waals surface area contributed by atoms with Gasteiger partial charge >= 0.3 is 6.03 Å². The summed E-state index contributed by atoms with van der Waals surface area (Å²) in [6, 6.07) is 0.250. The van der Waals surface area contributed by atoms with Crippen molar-refractivity contribution in [3.63, 3.8) is 0 Å². The monoisotopic (exact) mass is 243 g/mol. The minimum atomic E-state index is 0.250. The number of carbonyl (C=O) groups is 1. The SMILES string of the molecule is CCC1CN(C(=O)N2CCNCC2)CCS1. The summed E-state index contributed by atoms with van der Waals surface area (Å²) >= 11 is 2.01. The fourth-order valence-corrected chi connectivity index (χ4v) is 3.38. The van der Waals surface area contributed by atoms with E-state index in [1.807, 2.05) is 21.6 Å². The molecular formula is C11H21N3OS. The average Bonchev–Trinajstić information content (AvgIpc) is 2.39. The average molecular weight is 243 g/mol. The van der Waals surface area contributed by atoms with Gasteiger partial charge in [0, 0.05) is 50.3 Å². The van der Waals surface area contributed by atoms with Crippen LogP contribution in [0.2, 0.25) is 0 Å². The molecule has 1 atom stereocenters. The van der Waals surface area contributed by atoms with Crippen molar-refractivity contribution in [1.82, 2.24) is 15.1 Å². The minimum Gasteiger partial charge on any atom is -0.323 e. The molecule has 0 aromatic heterocycles. The van der Waals surface area contributed by atoms with E-state index in [9.17, 15) is 4.79 Å². The van der Waals surface area contributed by atoms with Gasteiger partial charge in [-0.1, -0.05) is 6.92 Å². The number of nitrogens with zero attached hydrogens (tertiary/aromatic N) is 2. The van der Waals surface area contributed by atoms with Crippen molar-refractivity contribution in [3.05, 3.63) is 0 Å². The maximum atomic E-state index is 12.2. The van der Waals surface area contributed by atoms with E-state index in [0.717, 1.165) is 51.4 Å². The number of urea groups is 1. The van der Waals surface area contributed by atoms with E-state index >= 15 is 0 Å². The molecule has 4 nitrogen and oxygen atoms in total. The molecular weight excluding hydrogens is 222 g/mol. The number of rotatable bonds is 1. The topological polar surface area (TPSA) is 35.6 Å². The van der Waals surface area contributed by atoms with Crippen LogP contribution < -0.4 is 5.32 Å². The zero-order chi connectivity index (χ0) is 11.4. The Bertz CT molecular complexity index is 243. The molecule has 0 aromatic carbocycles.